The first kappa shape index (κ1) is 67.3. The predicted octanol–water partition coefficient (Wildman–Crippen LogP) is 11.8. The van der Waals surface area contributed by atoms with Gasteiger partial charge in [-0.15, -0.1) is 0 Å². The second-order valence-corrected chi connectivity index (χ2v) is 19.6. The summed E-state index contributed by atoms with van der Waals surface area (Å²) in [5.41, 5.74) is 5.47. The van der Waals surface area contributed by atoms with Crippen molar-refractivity contribution < 1.29 is 58.5 Å². The van der Waals surface area contributed by atoms with Crippen LogP contribution in [0.4, 0.5) is 9.09 Å². The number of benzene rings is 3. The molecule has 12 nitrogen and oxygen atoms in total. The van der Waals surface area contributed by atoms with Crippen LogP contribution < -0.4 is 5.73 Å². The number of carboxylic acid groups (broad SMARTS) is 1. The third-order valence-corrected chi connectivity index (χ3v) is 8.90. The lowest BCUT2D eigenvalue weighted by Gasteiger charge is -2.21. The summed E-state index contributed by atoms with van der Waals surface area (Å²) in [6, 6.07) is 21.5. The van der Waals surface area contributed by atoms with Crippen molar-refractivity contribution in [3.8, 4) is 0 Å². The Hall–Kier alpha value is -3.31. The molecule has 1 amide bonds. The molecule has 0 aliphatic heterocycles. The largest absolute Gasteiger partial charge is 0.478 e. The number of alkyl halides is 1. The van der Waals surface area contributed by atoms with Gasteiger partial charge in [0.25, 0.3) is 5.91 Å². The number of halogens is 5. The number of Topliss-reactive ketones (excluding diaryl/α,β-unsaturated/α-hetero) is 1. The molecule has 0 heterocycles. The van der Waals surface area contributed by atoms with Crippen LogP contribution in [0.3, 0.4) is 0 Å². The highest BCUT2D eigenvalue weighted by molar-refractivity contribution is 14.1. The van der Waals surface area contributed by atoms with Crippen LogP contribution >= 0.6 is 67.8 Å². The number of carboxylic acids is 1. The van der Waals surface area contributed by atoms with E-state index < -0.39 is 24.3 Å². The minimum atomic E-state index is -1.00. The van der Waals surface area contributed by atoms with E-state index in [1.807, 2.05) is 98.7 Å². The Morgan fingerprint density at radius 1 is 0.609 bits per heavy atom. The summed E-state index contributed by atoms with van der Waals surface area (Å²) >= 11 is 6.51. The molecule has 0 radical (unpaired) electrons. The molecule has 0 unspecified atom stereocenters. The van der Waals surface area contributed by atoms with Gasteiger partial charge in [0.1, 0.15) is 16.8 Å². The highest BCUT2D eigenvalue weighted by Gasteiger charge is 2.19. The van der Waals surface area contributed by atoms with Crippen molar-refractivity contribution in [3.63, 3.8) is 0 Å². The van der Waals surface area contributed by atoms with E-state index in [-0.39, 0.29) is 67.6 Å². The Labute approximate surface area is 422 Å². The Morgan fingerprint density at radius 2 is 0.922 bits per heavy atom. The first-order chi connectivity index (χ1) is 28.5. The molecule has 3 aromatic carbocycles. The Bertz CT molecular complexity index is 1820. The zero-order valence-corrected chi connectivity index (χ0v) is 43.6. The van der Waals surface area contributed by atoms with Crippen molar-refractivity contribution >= 4 is 103 Å². The average Bonchev–Trinajstić information content (AvgIpc) is 3.13. The smallest absolute Gasteiger partial charge is 0.335 e. The lowest BCUT2D eigenvalue weighted by atomic mass is 10.1. The molecule has 0 saturated carbocycles. The summed E-state index contributed by atoms with van der Waals surface area (Å²) in [6.45, 7) is 17.2. The molecule has 3 aromatic rings. The Kier molecular flexibility index (Phi) is 37.7. The zero-order chi connectivity index (χ0) is 48.3. The van der Waals surface area contributed by atoms with Crippen LogP contribution in [0.2, 0.25) is 0 Å². The van der Waals surface area contributed by atoms with Crippen LogP contribution in [-0.2, 0) is 28.6 Å². The summed E-state index contributed by atoms with van der Waals surface area (Å²) in [5, 5.41) is 8.47. The van der Waals surface area contributed by atoms with Gasteiger partial charge in [0.05, 0.1) is 26.9 Å². The second kappa shape index (κ2) is 35.9. The van der Waals surface area contributed by atoms with E-state index in [2.05, 4.69) is 67.8 Å². The van der Waals surface area contributed by atoms with Crippen molar-refractivity contribution in [2.45, 2.75) is 126 Å². The number of ketones is 1. The lowest BCUT2D eigenvalue weighted by Crippen LogP contribution is -2.31. The number of hydrogen-bond donors (Lipinski definition) is 2. The van der Waals surface area contributed by atoms with Crippen LogP contribution in [-0.4, -0.2) is 89.7 Å². The number of aromatic carboxylic acids is 1. The van der Waals surface area contributed by atoms with Crippen molar-refractivity contribution in [2.75, 3.05) is 27.3 Å². The number of amides is 1. The highest BCUT2D eigenvalue weighted by atomic mass is 127. The van der Waals surface area contributed by atoms with E-state index in [1.165, 1.54) is 4.90 Å². The number of nitrogens with two attached hydrogens (primary N) is 1. The number of rotatable bonds is 12. The van der Waals surface area contributed by atoms with Gasteiger partial charge in [-0.3, -0.25) is 33.1 Å². The van der Waals surface area contributed by atoms with Crippen LogP contribution in [0.25, 0.3) is 0 Å². The van der Waals surface area contributed by atoms with E-state index in [4.69, 9.17) is 26.4 Å². The molecular weight excluding hydrogens is 1170 g/mol. The van der Waals surface area contributed by atoms with Crippen molar-refractivity contribution in [1.82, 2.24) is 4.90 Å². The number of carbonyl (C=O) groups is 6. The molecule has 3 N–H and O–H groups in total. The molecule has 0 atom stereocenters. The molecule has 0 saturated heterocycles. The number of ether oxygens (including phenoxy) is 3. The summed E-state index contributed by atoms with van der Waals surface area (Å²) in [4.78, 5) is 69.7. The summed E-state index contributed by atoms with van der Waals surface area (Å²) < 4.78 is 34.1. The van der Waals surface area contributed by atoms with Crippen LogP contribution in [0.5, 0.6) is 0 Å². The molecule has 0 aliphatic carbocycles. The molecule has 0 bridgehead atoms. The summed E-state index contributed by atoms with van der Waals surface area (Å²) in [7, 11) is 0.685. The topological polar surface area (TPSA) is 180 Å². The van der Waals surface area contributed by atoms with E-state index in [0.29, 0.717) is 49.0 Å². The number of carbonyl (C=O) groups excluding carboxylic acids is 5. The fourth-order valence-electron chi connectivity index (χ4n) is 4.23. The normalized spacial score (nSPS) is 10.3. The van der Waals surface area contributed by atoms with Crippen molar-refractivity contribution in [1.29, 1.82) is 0 Å². The van der Waals surface area contributed by atoms with E-state index in [9.17, 15) is 33.2 Å². The fraction of sp³-hybridized carbons (Fsp3) is 0.489. The van der Waals surface area contributed by atoms with Gasteiger partial charge in [-0.05, 0) is 197 Å². The second-order valence-electron chi connectivity index (χ2n) is 15.9. The number of esters is 3. The van der Waals surface area contributed by atoms with Gasteiger partial charge in [-0.25, -0.2) is 4.79 Å². The minimum absolute atomic E-state index is 0. The molecule has 0 spiro atoms. The zero-order valence-electron chi connectivity index (χ0n) is 38.2. The van der Waals surface area contributed by atoms with Crippen LogP contribution in [0.1, 0.15) is 142 Å². The molecule has 17 heteroatoms. The van der Waals surface area contributed by atoms with Gasteiger partial charge in [-0.1, -0.05) is 27.0 Å². The monoisotopic (exact) mass is 1240 g/mol. The summed E-state index contributed by atoms with van der Waals surface area (Å²) in [5.74, 6) is -1.67. The third kappa shape index (κ3) is 38.0. The van der Waals surface area contributed by atoms with Gasteiger partial charge < -0.3 is 30.0 Å². The standard InChI is InChI=1S/C15H20INO3.C15H19IO3.C7H5IO2.C7H15NO2.CH3F.2CH4.FH/c1-15(2,3)20-13(18)9-10-17(4)14(19)11-5-7-12(16)8-6-11;1-15(2,3)19-14(18)6-4-5-13(17)11-7-9-12(16)10-8-11;8-6-3-1-5(2-4-6)7(9)10;1-7(2,3)10-6(9)4-5-8;1-2;;;/h5-8H,9-10H2,1-4H3;7-10H,4-6H2,1-3H3;1-4H,(H,9,10);4-5,8H2,1-3H3;1H3;2*1H4;1H/i;;;;1D;;;. The maximum absolute atomic E-state index is 12.1. The first-order valence-electron chi connectivity index (χ1n) is 19.7. The molecular formula is C47H71F2I3N2O10. The van der Waals surface area contributed by atoms with Gasteiger partial charge in [-0.2, -0.15) is 0 Å². The van der Waals surface area contributed by atoms with Crippen molar-refractivity contribution in [3.05, 3.63) is 100 Å². The number of hydrogen-bond acceptors (Lipinski definition) is 10. The average molecular weight is 1240 g/mol. The van der Waals surface area contributed by atoms with Gasteiger partial charge >= 0.3 is 23.9 Å². The summed E-state index contributed by atoms with van der Waals surface area (Å²) in [6.07, 6.45) is 1.69. The quantitative estimate of drug-likeness (QED) is 0.0763. The van der Waals surface area contributed by atoms with Gasteiger partial charge in [0, 0.05) is 54.8 Å². The molecule has 64 heavy (non-hydrogen) atoms. The van der Waals surface area contributed by atoms with Crippen LogP contribution in [0, 0.1) is 10.7 Å². The maximum Gasteiger partial charge on any atom is 0.335 e. The number of nitrogens with zero attached hydrogens (tertiary/aromatic N) is 1. The highest BCUT2D eigenvalue weighted by Crippen LogP contribution is 2.14. The van der Waals surface area contributed by atoms with Crippen molar-refractivity contribution in [2.24, 2.45) is 5.73 Å². The fourth-order valence-corrected chi connectivity index (χ4v) is 5.31. The third-order valence-electron chi connectivity index (χ3n) is 6.74. The SMILES string of the molecule is C.C.CC(C)(C)OC(=O)CCCC(=O)c1ccc(I)cc1.CC(C)(C)OC(=O)CCN.CN(CCC(=O)OC(C)(C)C)C(=O)c1ccc(I)cc1.F.O=C(O)c1ccc(I)cc1.[2H]CF. The van der Waals surface area contributed by atoms with Gasteiger partial charge in [0.2, 0.25) is 0 Å². The molecule has 364 valence electrons. The Morgan fingerprint density at radius 3 is 1.25 bits per heavy atom. The molecule has 3 rings (SSSR count). The first-order valence-corrected chi connectivity index (χ1v) is 22.3. The molecule has 0 aromatic heterocycles. The lowest BCUT2D eigenvalue weighted by molar-refractivity contribution is -0.156. The minimum Gasteiger partial charge on any atom is -0.478 e. The molecule has 0 fully saturated rings. The Balaban J connectivity index is -0.000000247. The van der Waals surface area contributed by atoms with E-state index >= 15 is 0 Å². The van der Waals surface area contributed by atoms with E-state index in [1.54, 1.807) is 43.4 Å². The maximum atomic E-state index is 12.1. The predicted molar refractivity (Wildman–Crippen MR) is 278 cm³/mol. The molecule has 0 aliphatic rings. The van der Waals surface area contributed by atoms with E-state index in [0.717, 1.165) is 10.7 Å². The van der Waals surface area contributed by atoms with Crippen LogP contribution in [0.15, 0.2) is 72.8 Å². The van der Waals surface area contributed by atoms with Gasteiger partial charge in [0.15, 0.2) is 5.78 Å².